The van der Waals surface area contributed by atoms with Gasteiger partial charge in [0.15, 0.2) is 5.69 Å². The molecule has 0 saturated carbocycles. The van der Waals surface area contributed by atoms with Crippen molar-refractivity contribution in [1.82, 2.24) is 15.0 Å². The van der Waals surface area contributed by atoms with Crippen molar-refractivity contribution >= 4 is 23.2 Å². The summed E-state index contributed by atoms with van der Waals surface area (Å²) in [4.78, 5) is 22.3. The molecule has 0 amide bonds. The van der Waals surface area contributed by atoms with Crippen molar-refractivity contribution in [2.75, 3.05) is 0 Å². The molecule has 2 heterocycles. The van der Waals surface area contributed by atoms with Crippen LogP contribution in [0.2, 0.25) is 10.0 Å². The molecule has 1 aromatic carbocycles. The average molecular weight is 414 g/mol. The Morgan fingerprint density at radius 1 is 0.963 bits per heavy atom. The number of benzene rings is 1. The highest BCUT2D eigenvalue weighted by Crippen LogP contribution is 2.31. The number of H-pyrrole nitrogens is 1. The lowest BCUT2D eigenvalue weighted by atomic mass is 10.0. The molecule has 2 aromatic heterocycles. The Hall–Kier alpha value is -2.38. The zero-order valence-electron chi connectivity index (χ0n) is 13.6. The van der Waals surface area contributed by atoms with Gasteiger partial charge in [-0.2, -0.15) is 13.2 Å². The van der Waals surface area contributed by atoms with Gasteiger partial charge in [0.1, 0.15) is 5.82 Å². The number of nitrogens with one attached hydrogen (secondary N) is 1. The zero-order chi connectivity index (χ0) is 19.6. The Bertz CT molecular complexity index is 1020. The first-order valence-electron chi connectivity index (χ1n) is 7.76. The van der Waals surface area contributed by atoms with E-state index in [1.165, 1.54) is 30.6 Å². The van der Waals surface area contributed by atoms with Crippen molar-refractivity contribution < 1.29 is 13.2 Å². The molecule has 3 rings (SSSR count). The van der Waals surface area contributed by atoms with Crippen molar-refractivity contribution in [1.29, 1.82) is 0 Å². The summed E-state index contributed by atoms with van der Waals surface area (Å²) < 4.78 is 40.6. The molecule has 27 heavy (non-hydrogen) atoms. The highest BCUT2D eigenvalue weighted by atomic mass is 35.5. The number of alkyl halides is 3. The standard InChI is InChI=1S/C18H12Cl2F3N3O/c19-13-2-1-11(8-14(13)20)7-12-16(18(21,22)23)25-15(26-17(12)27)9-10-3-5-24-6-4-10/h1-6,8H,7,9H2,(H,25,26,27). The van der Waals surface area contributed by atoms with Crippen molar-refractivity contribution in [2.45, 2.75) is 19.0 Å². The van der Waals surface area contributed by atoms with Gasteiger partial charge in [0.05, 0.1) is 15.6 Å². The molecular formula is C18H12Cl2F3N3O. The first-order chi connectivity index (χ1) is 12.7. The Kier molecular flexibility index (Phi) is 5.53. The van der Waals surface area contributed by atoms with E-state index >= 15 is 0 Å². The molecule has 1 N–H and O–H groups in total. The van der Waals surface area contributed by atoms with Gasteiger partial charge in [0, 0.05) is 25.2 Å². The fourth-order valence-electron chi connectivity index (χ4n) is 2.57. The van der Waals surface area contributed by atoms with Crippen LogP contribution in [0.25, 0.3) is 0 Å². The van der Waals surface area contributed by atoms with E-state index in [4.69, 9.17) is 23.2 Å². The number of halogens is 5. The van der Waals surface area contributed by atoms with Crippen LogP contribution in [-0.2, 0) is 19.0 Å². The summed E-state index contributed by atoms with van der Waals surface area (Å²) in [6.45, 7) is 0. The predicted octanol–water partition coefficient (Wildman–Crippen LogP) is 4.67. The summed E-state index contributed by atoms with van der Waals surface area (Å²) in [5, 5.41) is 0.470. The normalized spacial score (nSPS) is 11.6. The van der Waals surface area contributed by atoms with E-state index in [9.17, 15) is 18.0 Å². The van der Waals surface area contributed by atoms with Crippen molar-refractivity contribution in [2.24, 2.45) is 0 Å². The lowest BCUT2D eigenvalue weighted by Gasteiger charge is -2.13. The summed E-state index contributed by atoms with van der Waals surface area (Å²) in [6, 6.07) is 7.67. The van der Waals surface area contributed by atoms with Crippen LogP contribution in [-0.4, -0.2) is 15.0 Å². The molecular weight excluding hydrogens is 402 g/mol. The van der Waals surface area contributed by atoms with Gasteiger partial charge in [-0.05, 0) is 35.4 Å². The predicted molar refractivity (Wildman–Crippen MR) is 96.2 cm³/mol. The molecule has 9 heteroatoms. The number of nitrogens with zero attached hydrogens (tertiary/aromatic N) is 2. The van der Waals surface area contributed by atoms with Gasteiger partial charge in [0.25, 0.3) is 5.56 Å². The largest absolute Gasteiger partial charge is 0.433 e. The second-order valence-corrected chi connectivity index (χ2v) is 6.61. The highest BCUT2D eigenvalue weighted by Gasteiger charge is 2.37. The van der Waals surface area contributed by atoms with Crippen molar-refractivity contribution in [3.63, 3.8) is 0 Å². The molecule has 0 radical (unpaired) electrons. The van der Waals surface area contributed by atoms with E-state index in [1.54, 1.807) is 12.1 Å². The highest BCUT2D eigenvalue weighted by molar-refractivity contribution is 6.42. The van der Waals surface area contributed by atoms with Gasteiger partial charge in [-0.25, -0.2) is 4.98 Å². The number of pyridine rings is 1. The summed E-state index contributed by atoms with van der Waals surface area (Å²) in [7, 11) is 0. The van der Waals surface area contributed by atoms with Crippen LogP contribution in [0.1, 0.15) is 28.2 Å². The van der Waals surface area contributed by atoms with Crippen LogP contribution in [0.5, 0.6) is 0 Å². The topological polar surface area (TPSA) is 58.6 Å². The monoisotopic (exact) mass is 413 g/mol. The fraction of sp³-hybridized carbons (Fsp3) is 0.167. The van der Waals surface area contributed by atoms with Crippen molar-refractivity contribution in [3.05, 3.63) is 91.3 Å². The number of aromatic amines is 1. The summed E-state index contributed by atoms with van der Waals surface area (Å²) in [5.74, 6) is -0.0728. The van der Waals surface area contributed by atoms with E-state index < -0.39 is 23.0 Å². The number of hydrogen-bond donors (Lipinski definition) is 1. The fourth-order valence-corrected chi connectivity index (χ4v) is 2.90. The maximum atomic E-state index is 13.5. The molecule has 0 aliphatic carbocycles. The van der Waals surface area contributed by atoms with Gasteiger partial charge >= 0.3 is 6.18 Å². The van der Waals surface area contributed by atoms with Crippen LogP contribution in [0.3, 0.4) is 0 Å². The van der Waals surface area contributed by atoms with Crippen LogP contribution < -0.4 is 5.56 Å². The number of rotatable bonds is 4. The van der Waals surface area contributed by atoms with Gasteiger partial charge in [0.2, 0.25) is 0 Å². The van der Waals surface area contributed by atoms with Crippen molar-refractivity contribution in [3.8, 4) is 0 Å². The molecule has 0 unspecified atom stereocenters. The molecule has 0 aliphatic rings. The third-order valence-corrected chi connectivity index (χ3v) is 4.56. The molecule has 0 atom stereocenters. The summed E-state index contributed by atoms with van der Waals surface area (Å²) >= 11 is 11.7. The van der Waals surface area contributed by atoms with E-state index in [-0.39, 0.29) is 28.7 Å². The van der Waals surface area contributed by atoms with Gasteiger partial charge in [-0.3, -0.25) is 9.78 Å². The van der Waals surface area contributed by atoms with E-state index in [0.717, 1.165) is 0 Å². The molecule has 0 saturated heterocycles. The SMILES string of the molecule is O=c1[nH]c(Cc2ccncc2)nc(C(F)(F)F)c1Cc1ccc(Cl)c(Cl)c1. The first kappa shape index (κ1) is 19.4. The molecule has 0 aliphatic heterocycles. The quantitative estimate of drug-likeness (QED) is 0.675. The van der Waals surface area contributed by atoms with Gasteiger partial charge in [-0.15, -0.1) is 0 Å². The van der Waals surface area contributed by atoms with Crippen LogP contribution in [0.15, 0.2) is 47.5 Å². The number of hydrogen-bond acceptors (Lipinski definition) is 3. The minimum Gasteiger partial charge on any atom is -0.310 e. The number of aromatic nitrogens is 3. The smallest absolute Gasteiger partial charge is 0.310 e. The Labute approximate surface area is 162 Å². The molecule has 4 nitrogen and oxygen atoms in total. The van der Waals surface area contributed by atoms with E-state index in [0.29, 0.717) is 11.1 Å². The maximum absolute atomic E-state index is 13.5. The molecule has 3 aromatic rings. The van der Waals surface area contributed by atoms with Gasteiger partial charge < -0.3 is 4.98 Å². The zero-order valence-corrected chi connectivity index (χ0v) is 15.2. The Morgan fingerprint density at radius 3 is 2.30 bits per heavy atom. The van der Waals surface area contributed by atoms with Crippen LogP contribution in [0.4, 0.5) is 13.2 Å². The molecule has 0 bridgehead atoms. The second kappa shape index (κ2) is 7.70. The lowest BCUT2D eigenvalue weighted by molar-refractivity contribution is -0.142. The molecule has 140 valence electrons. The summed E-state index contributed by atoms with van der Waals surface area (Å²) in [5.41, 5.74) is -1.42. The average Bonchev–Trinajstić information content (AvgIpc) is 2.60. The maximum Gasteiger partial charge on any atom is 0.433 e. The first-order valence-corrected chi connectivity index (χ1v) is 8.51. The van der Waals surface area contributed by atoms with E-state index in [2.05, 4.69) is 15.0 Å². The van der Waals surface area contributed by atoms with Crippen LogP contribution in [0, 0.1) is 0 Å². The third-order valence-electron chi connectivity index (χ3n) is 3.82. The minimum atomic E-state index is -4.77. The Balaban J connectivity index is 2.02. The third kappa shape index (κ3) is 4.67. The summed E-state index contributed by atoms with van der Waals surface area (Å²) in [6.07, 6.45) is -1.97. The molecule has 0 fully saturated rings. The minimum absolute atomic E-state index is 0.0495. The van der Waals surface area contributed by atoms with Crippen LogP contribution >= 0.6 is 23.2 Å². The lowest BCUT2D eigenvalue weighted by Crippen LogP contribution is -2.25. The molecule has 0 spiro atoms. The second-order valence-electron chi connectivity index (χ2n) is 5.80. The van der Waals surface area contributed by atoms with Gasteiger partial charge in [-0.1, -0.05) is 29.3 Å². The Morgan fingerprint density at radius 2 is 1.67 bits per heavy atom. The van der Waals surface area contributed by atoms with E-state index in [1.807, 2.05) is 0 Å².